The molecule has 0 unspecified atom stereocenters. The third-order valence-electron chi connectivity index (χ3n) is 2.61. The lowest BCUT2D eigenvalue weighted by molar-refractivity contribution is 0.0479. The number of aromatic nitrogens is 2. The summed E-state index contributed by atoms with van der Waals surface area (Å²) in [4.78, 5) is 23.5. The fourth-order valence-electron chi connectivity index (χ4n) is 1.70. The van der Waals surface area contributed by atoms with E-state index in [0.29, 0.717) is 5.88 Å². The molecular weight excluding hydrogens is 302 g/mol. The smallest absolute Gasteiger partial charge is 0.407 e. The highest BCUT2D eigenvalue weighted by Gasteiger charge is 2.21. The Morgan fingerprint density at radius 2 is 2.04 bits per heavy atom. The molecule has 0 spiro atoms. The molecular formula is C15H25N3O5. The summed E-state index contributed by atoms with van der Waals surface area (Å²) in [5, 5.41) is 6.65. The van der Waals surface area contributed by atoms with Crippen molar-refractivity contribution < 1.29 is 23.8 Å². The standard InChI is InChI=1S/C15H25N3O5/c1-7-21-13(19)11-8-16-18(6)12(11)22-9-10(2)17-14(20)23-15(3,4)5/h8,10H,7,9H2,1-6H3,(H,17,20)/t10-/m1/s1. The van der Waals surface area contributed by atoms with Crippen molar-refractivity contribution in [3.63, 3.8) is 0 Å². The molecule has 1 heterocycles. The molecule has 0 aliphatic heterocycles. The van der Waals surface area contributed by atoms with Gasteiger partial charge in [-0.1, -0.05) is 0 Å². The van der Waals surface area contributed by atoms with E-state index in [1.807, 2.05) is 0 Å². The molecule has 0 bridgehead atoms. The number of nitrogens with zero attached hydrogens (tertiary/aromatic N) is 2. The zero-order valence-corrected chi connectivity index (χ0v) is 14.5. The van der Waals surface area contributed by atoms with Crippen molar-refractivity contribution in [1.29, 1.82) is 0 Å². The van der Waals surface area contributed by atoms with Gasteiger partial charge in [-0.3, -0.25) is 0 Å². The van der Waals surface area contributed by atoms with Crippen LogP contribution in [-0.2, 0) is 16.5 Å². The van der Waals surface area contributed by atoms with E-state index in [2.05, 4.69) is 10.4 Å². The Balaban J connectivity index is 2.59. The summed E-state index contributed by atoms with van der Waals surface area (Å²) in [6.45, 7) is 9.28. The van der Waals surface area contributed by atoms with E-state index in [-0.39, 0.29) is 24.8 Å². The summed E-state index contributed by atoms with van der Waals surface area (Å²) in [6.07, 6.45) is 0.864. The quantitative estimate of drug-likeness (QED) is 0.802. The normalized spacial score (nSPS) is 12.4. The molecule has 1 rings (SSSR count). The van der Waals surface area contributed by atoms with Crippen molar-refractivity contribution in [2.24, 2.45) is 7.05 Å². The largest absolute Gasteiger partial charge is 0.475 e. The van der Waals surface area contributed by atoms with Crippen molar-refractivity contribution in [3.05, 3.63) is 11.8 Å². The van der Waals surface area contributed by atoms with Crippen LogP contribution in [0.15, 0.2) is 6.20 Å². The first kappa shape index (κ1) is 18.8. The second-order valence-electron chi connectivity index (χ2n) is 6.07. The van der Waals surface area contributed by atoms with E-state index >= 15 is 0 Å². The second kappa shape index (κ2) is 7.85. The average molecular weight is 327 g/mol. The summed E-state index contributed by atoms with van der Waals surface area (Å²) < 4.78 is 17.1. The van der Waals surface area contributed by atoms with Crippen LogP contribution in [0.4, 0.5) is 4.79 Å². The number of ether oxygens (including phenoxy) is 3. The summed E-state index contributed by atoms with van der Waals surface area (Å²) in [5.41, 5.74) is -0.317. The van der Waals surface area contributed by atoms with Crippen molar-refractivity contribution in [1.82, 2.24) is 15.1 Å². The van der Waals surface area contributed by atoms with Gasteiger partial charge in [-0.25, -0.2) is 14.3 Å². The van der Waals surface area contributed by atoms with Gasteiger partial charge in [0.15, 0.2) is 0 Å². The summed E-state index contributed by atoms with van der Waals surface area (Å²) in [6, 6.07) is -0.310. The van der Waals surface area contributed by atoms with Crippen molar-refractivity contribution >= 4 is 12.1 Å². The lowest BCUT2D eigenvalue weighted by Crippen LogP contribution is -2.40. The van der Waals surface area contributed by atoms with E-state index in [1.165, 1.54) is 10.9 Å². The summed E-state index contributed by atoms with van der Waals surface area (Å²) in [5.74, 6) is -0.204. The minimum atomic E-state index is -0.566. The van der Waals surface area contributed by atoms with Crippen LogP contribution in [0.3, 0.4) is 0 Å². The van der Waals surface area contributed by atoms with Gasteiger partial charge < -0.3 is 19.5 Å². The van der Waals surface area contributed by atoms with Gasteiger partial charge >= 0.3 is 12.1 Å². The zero-order chi connectivity index (χ0) is 17.6. The average Bonchev–Trinajstić information content (AvgIpc) is 2.75. The highest BCUT2D eigenvalue weighted by molar-refractivity contribution is 5.91. The molecule has 0 radical (unpaired) electrons. The van der Waals surface area contributed by atoms with E-state index < -0.39 is 17.7 Å². The number of alkyl carbamates (subject to hydrolysis) is 1. The van der Waals surface area contributed by atoms with Gasteiger partial charge in [0.25, 0.3) is 0 Å². The first-order chi connectivity index (χ1) is 10.6. The van der Waals surface area contributed by atoms with Crippen LogP contribution in [0.5, 0.6) is 5.88 Å². The van der Waals surface area contributed by atoms with Crippen LogP contribution in [-0.4, -0.2) is 46.7 Å². The van der Waals surface area contributed by atoms with E-state index in [1.54, 1.807) is 41.7 Å². The first-order valence-corrected chi connectivity index (χ1v) is 7.45. The number of aryl methyl sites for hydroxylation is 1. The van der Waals surface area contributed by atoms with Crippen LogP contribution >= 0.6 is 0 Å². The third-order valence-corrected chi connectivity index (χ3v) is 2.61. The van der Waals surface area contributed by atoms with Gasteiger partial charge in [-0.05, 0) is 34.6 Å². The highest BCUT2D eigenvalue weighted by Crippen LogP contribution is 2.18. The fourth-order valence-corrected chi connectivity index (χ4v) is 1.70. The molecule has 0 saturated heterocycles. The number of amides is 1. The minimum absolute atomic E-state index is 0.158. The predicted octanol–water partition coefficient (Wildman–Crippen LogP) is 1.89. The predicted molar refractivity (Wildman–Crippen MR) is 83.5 cm³/mol. The van der Waals surface area contributed by atoms with Crippen molar-refractivity contribution in [2.75, 3.05) is 13.2 Å². The van der Waals surface area contributed by atoms with Crippen LogP contribution in [0.25, 0.3) is 0 Å². The van der Waals surface area contributed by atoms with Gasteiger partial charge in [0, 0.05) is 7.05 Å². The molecule has 130 valence electrons. The molecule has 1 aromatic heterocycles. The lowest BCUT2D eigenvalue weighted by atomic mass is 10.2. The van der Waals surface area contributed by atoms with Crippen LogP contribution < -0.4 is 10.1 Å². The Morgan fingerprint density at radius 3 is 2.61 bits per heavy atom. The lowest BCUT2D eigenvalue weighted by Gasteiger charge is -2.22. The molecule has 8 heteroatoms. The Bertz CT molecular complexity index is 548. The Hall–Kier alpha value is -2.25. The Morgan fingerprint density at radius 1 is 1.39 bits per heavy atom. The Labute approximate surface area is 136 Å². The summed E-state index contributed by atoms with van der Waals surface area (Å²) in [7, 11) is 1.66. The molecule has 0 aliphatic rings. The number of nitrogens with one attached hydrogen (secondary N) is 1. The number of rotatable bonds is 6. The topological polar surface area (TPSA) is 91.7 Å². The number of hydrogen-bond acceptors (Lipinski definition) is 6. The molecule has 1 aromatic rings. The van der Waals surface area contributed by atoms with Gasteiger partial charge in [0.05, 0.1) is 18.8 Å². The molecule has 0 fully saturated rings. The van der Waals surface area contributed by atoms with Gasteiger partial charge in [0.1, 0.15) is 17.8 Å². The van der Waals surface area contributed by atoms with E-state index in [9.17, 15) is 9.59 Å². The molecule has 0 saturated carbocycles. The van der Waals surface area contributed by atoms with Gasteiger partial charge in [0.2, 0.25) is 5.88 Å². The van der Waals surface area contributed by atoms with Crippen molar-refractivity contribution in [3.8, 4) is 5.88 Å². The third kappa shape index (κ3) is 6.17. The number of esters is 1. The molecule has 23 heavy (non-hydrogen) atoms. The monoisotopic (exact) mass is 327 g/mol. The molecule has 8 nitrogen and oxygen atoms in total. The van der Waals surface area contributed by atoms with Crippen LogP contribution in [0, 0.1) is 0 Å². The number of carbonyl (C=O) groups is 2. The molecule has 0 aromatic carbocycles. The summed E-state index contributed by atoms with van der Waals surface area (Å²) >= 11 is 0. The first-order valence-electron chi connectivity index (χ1n) is 7.45. The zero-order valence-electron chi connectivity index (χ0n) is 14.5. The van der Waals surface area contributed by atoms with Crippen LogP contribution in [0.1, 0.15) is 45.0 Å². The molecule has 1 N–H and O–H groups in total. The number of hydrogen-bond donors (Lipinski definition) is 1. The van der Waals surface area contributed by atoms with Crippen molar-refractivity contribution in [2.45, 2.75) is 46.3 Å². The van der Waals surface area contributed by atoms with Gasteiger partial charge in [-0.15, -0.1) is 0 Å². The minimum Gasteiger partial charge on any atom is -0.475 e. The molecule has 1 atom stereocenters. The van der Waals surface area contributed by atoms with E-state index in [4.69, 9.17) is 14.2 Å². The highest BCUT2D eigenvalue weighted by atomic mass is 16.6. The fraction of sp³-hybridized carbons (Fsp3) is 0.667. The Kier molecular flexibility index (Phi) is 6.41. The SMILES string of the molecule is CCOC(=O)c1cnn(C)c1OC[C@@H](C)NC(=O)OC(C)(C)C. The van der Waals surface area contributed by atoms with E-state index in [0.717, 1.165) is 0 Å². The maximum absolute atomic E-state index is 11.8. The maximum atomic E-state index is 11.8. The molecule has 0 aliphatic carbocycles. The second-order valence-corrected chi connectivity index (χ2v) is 6.07. The number of carbonyl (C=O) groups excluding carboxylic acids is 2. The van der Waals surface area contributed by atoms with Gasteiger partial charge in [-0.2, -0.15) is 5.10 Å². The molecule has 1 amide bonds. The maximum Gasteiger partial charge on any atom is 0.407 e. The van der Waals surface area contributed by atoms with Crippen LogP contribution in [0.2, 0.25) is 0 Å².